The Hall–Kier alpha value is -1.75. The SMILES string of the molecule is CCOC(CC(=O)O)c1ccc(OCc2ccc(Cl)c(Cl)c2)cc1. The summed E-state index contributed by atoms with van der Waals surface area (Å²) in [4.78, 5) is 10.9. The van der Waals surface area contributed by atoms with Gasteiger partial charge in [-0.25, -0.2) is 0 Å². The molecule has 2 rings (SSSR count). The van der Waals surface area contributed by atoms with E-state index in [0.717, 1.165) is 11.1 Å². The summed E-state index contributed by atoms with van der Waals surface area (Å²) in [5, 5.41) is 9.95. The largest absolute Gasteiger partial charge is 0.489 e. The molecule has 0 radical (unpaired) electrons. The standard InChI is InChI=1S/C18H18Cl2O4/c1-2-23-17(10-18(21)22)13-4-6-14(7-5-13)24-11-12-3-8-15(19)16(20)9-12/h3-9,17H,2,10-11H2,1H3,(H,21,22). The van der Waals surface area contributed by atoms with E-state index in [1.165, 1.54) is 0 Å². The van der Waals surface area contributed by atoms with Gasteiger partial charge in [0.05, 0.1) is 22.6 Å². The summed E-state index contributed by atoms with van der Waals surface area (Å²) in [7, 11) is 0. The first-order chi connectivity index (χ1) is 11.5. The maximum absolute atomic E-state index is 10.9. The smallest absolute Gasteiger partial charge is 0.306 e. The Balaban J connectivity index is 2.00. The number of halogens is 2. The Labute approximate surface area is 150 Å². The van der Waals surface area contributed by atoms with Gasteiger partial charge in [-0.3, -0.25) is 4.79 Å². The third-order valence-electron chi connectivity index (χ3n) is 3.37. The van der Waals surface area contributed by atoms with E-state index in [1.54, 1.807) is 24.3 Å². The molecule has 0 aromatic heterocycles. The summed E-state index contributed by atoms with van der Waals surface area (Å²) < 4.78 is 11.2. The number of ether oxygens (including phenoxy) is 2. The van der Waals surface area contributed by atoms with Crippen LogP contribution in [0.5, 0.6) is 5.75 Å². The Bertz CT molecular complexity index is 686. The highest BCUT2D eigenvalue weighted by Gasteiger charge is 2.15. The number of carboxylic acids is 1. The van der Waals surface area contributed by atoms with Crippen LogP contribution in [0.15, 0.2) is 42.5 Å². The fourth-order valence-electron chi connectivity index (χ4n) is 2.21. The molecule has 0 saturated heterocycles. The van der Waals surface area contributed by atoms with Crippen LogP contribution in [0, 0.1) is 0 Å². The van der Waals surface area contributed by atoms with E-state index in [-0.39, 0.29) is 6.42 Å². The van der Waals surface area contributed by atoms with E-state index in [0.29, 0.717) is 29.0 Å². The van der Waals surface area contributed by atoms with Gasteiger partial charge in [-0.15, -0.1) is 0 Å². The molecule has 2 aromatic rings. The van der Waals surface area contributed by atoms with Gasteiger partial charge < -0.3 is 14.6 Å². The molecule has 0 aliphatic heterocycles. The first-order valence-corrected chi connectivity index (χ1v) is 8.25. The number of hydrogen-bond acceptors (Lipinski definition) is 3. The maximum Gasteiger partial charge on any atom is 0.306 e. The van der Waals surface area contributed by atoms with E-state index < -0.39 is 12.1 Å². The van der Waals surface area contributed by atoms with Gasteiger partial charge in [0.1, 0.15) is 12.4 Å². The molecule has 0 fully saturated rings. The summed E-state index contributed by atoms with van der Waals surface area (Å²) in [5.41, 5.74) is 1.72. The highest BCUT2D eigenvalue weighted by Crippen LogP contribution is 2.25. The third kappa shape index (κ3) is 5.41. The van der Waals surface area contributed by atoms with Crippen LogP contribution in [0.25, 0.3) is 0 Å². The average Bonchev–Trinajstić information content (AvgIpc) is 2.56. The number of hydrogen-bond donors (Lipinski definition) is 1. The van der Waals surface area contributed by atoms with Gasteiger partial charge in [0.2, 0.25) is 0 Å². The molecule has 24 heavy (non-hydrogen) atoms. The predicted octanol–water partition coefficient (Wildman–Crippen LogP) is 5.12. The van der Waals surface area contributed by atoms with Crippen molar-refractivity contribution in [3.8, 4) is 5.75 Å². The third-order valence-corrected chi connectivity index (χ3v) is 4.11. The van der Waals surface area contributed by atoms with Crippen molar-refractivity contribution in [1.29, 1.82) is 0 Å². The van der Waals surface area contributed by atoms with Gasteiger partial charge in [-0.2, -0.15) is 0 Å². The molecule has 0 spiro atoms. The first kappa shape index (κ1) is 18.6. The molecule has 0 aliphatic rings. The Morgan fingerprint density at radius 1 is 1.12 bits per heavy atom. The topological polar surface area (TPSA) is 55.8 Å². The fraction of sp³-hybridized carbons (Fsp3) is 0.278. The molecule has 0 heterocycles. The summed E-state index contributed by atoms with van der Waals surface area (Å²) in [6.45, 7) is 2.65. The lowest BCUT2D eigenvalue weighted by atomic mass is 10.1. The number of carbonyl (C=O) groups is 1. The van der Waals surface area contributed by atoms with Crippen LogP contribution in [0.1, 0.15) is 30.6 Å². The Morgan fingerprint density at radius 3 is 2.42 bits per heavy atom. The minimum Gasteiger partial charge on any atom is -0.489 e. The molecule has 0 saturated carbocycles. The zero-order valence-electron chi connectivity index (χ0n) is 13.2. The first-order valence-electron chi connectivity index (χ1n) is 7.49. The molecule has 1 N–H and O–H groups in total. The van der Waals surface area contributed by atoms with Crippen LogP contribution in [0.4, 0.5) is 0 Å². The lowest BCUT2D eigenvalue weighted by Crippen LogP contribution is -2.10. The van der Waals surface area contributed by atoms with Gasteiger partial charge in [0.15, 0.2) is 0 Å². The second-order valence-corrected chi connectivity index (χ2v) is 5.96. The van der Waals surface area contributed by atoms with Crippen LogP contribution < -0.4 is 4.74 Å². The number of carboxylic acid groups (broad SMARTS) is 1. The van der Waals surface area contributed by atoms with Crippen LogP contribution in [-0.4, -0.2) is 17.7 Å². The molecule has 2 aromatic carbocycles. The molecule has 0 bridgehead atoms. The summed E-state index contributed by atoms with van der Waals surface area (Å²) in [6.07, 6.45) is -0.534. The van der Waals surface area contributed by atoms with Gasteiger partial charge in [-0.05, 0) is 42.3 Å². The zero-order valence-corrected chi connectivity index (χ0v) is 14.7. The van der Waals surface area contributed by atoms with Crippen LogP contribution in [0.3, 0.4) is 0 Å². The number of benzene rings is 2. The van der Waals surface area contributed by atoms with Gasteiger partial charge in [0, 0.05) is 6.61 Å². The van der Waals surface area contributed by atoms with E-state index in [1.807, 2.05) is 25.1 Å². The minimum absolute atomic E-state index is 0.0721. The van der Waals surface area contributed by atoms with Crippen LogP contribution in [0.2, 0.25) is 10.0 Å². The molecular weight excluding hydrogens is 351 g/mol. The lowest BCUT2D eigenvalue weighted by Gasteiger charge is -2.16. The Morgan fingerprint density at radius 2 is 1.83 bits per heavy atom. The second-order valence-electron chi connectivity index (χ2n) is 5.15. The van der Waals surface area contributed by atoms with Crippen molar-refractivity contribution in [2.45, 2.75) is 26.1 Å². The van der Waals surface area contributed by atoms with Crippen LogP contribution in [-0.2, 0) is 16.1 Å². The second kappa shape index (κ2) is 8.92. The highest BCUT2D eigenvalue weighted by atomic mass is 35.5. The number of rotatable bonds is 8. The quantitative estimate of drug-likeness (QED) is 0.701. The predicted molar refractivity (Wildman–Crippen MR) is 93.9 cm³/mol. The van der Waals surface area contributed by atoms with Crippen molar-refractivity contribution >= 4 is 29.2 Å². The summed E-state index contributed by atoms with van der Waals surface area (Å²) in [5.74, 6) is -0.219. The zero-order chi connectivity index (χ0) is 17.5. The van der Waals surface area contributed by atoms with Crippen molar-refractivity contribution in [2.24, 2.45) is 0 Å². The monoisotopic (exact) mass is 368 g/mol. The van der Waals surface area contributed by atoms with Crippen molar-refractivity contribution < 1.29 is 19.4 Å². The normalized spacial score (nSPS) is 12.0. The molecule has 1 atom stereocenters. The van der Waals surface area contributed by atoms with Crippen molar-refractivity contribution in [3.63, 3.8) is 0 Å². The number of aliphatic carboxylic acids is 1. The summed E-state index contributed by atoms with van der Waals surface area (Å²) in [6, 6.07) is 12.5. The molecule has 128 valence electrons. The molecule has 0 amide bonds. The average molecular weight is 369 g/mol. The van der Waals surface area contributed by atoms with Gasteiger partial charge in [0.25, 0.3) is 0 Å². The van der Waals surface area contributed by atoms with Crippen molar-refractivity contribution in [1.82, 2.24) is 0 Å². The lowest BCUT2D eigenvalue weighted by molar-refractivity contribution is -0.140. The van der Waals surface area contributed by atoms with Crippen molar-refractivity contribution in [3.05, 3.63) is 63.6 Å². The maximum atomic E-state index is 10.9. The minimum atomic E-state index is -0.895. The van der Waals surface area contributed by atoms with E-state index >= 15 is 0 Å². The van der Waals surface area contributed by atoms with E-state index in [4.69, 9.17) is 37.8 Å². The van der Waals surface area contributed by atoms with Gasteiger partial charge >= 0.3 is 5.97 Å². The van der Waals surface area contributed by atoms with Crippen molar-refractivity contribution in [2.75, 3.05) is 6.61 Å². The van der Waals surface area contributed by atoms with E-state index in [9.17, 15) is 4.79 Å². The molecule has 6 heteroatoms. The molecule has 0 aliphatic carbocycles. The molecule has 1 unspecified atom stereocenters. The summed E-state index contributed by atoms with van der Waals surface area (Å²) >= 11 is 11.9. The molecular formula is C18H18Cl2O4. The molecule has 4 nitrogen and oxygen atoms in total. The van der Waals surface area contributed by atoms with Crippen LogP contribution >= 0.6 is 23.2 Å². The Kier molecular flexibility index (Phi) is 6.91. The highest BCUT2D eigenvalue weighted by molar-refractivity contribution is 6.42. The fourth-order valence-corrected chi connectivity index (χ4v) is 2.53. The van der Waals surface area contributed by atoms with E-state index in [2.05, 4.69) is 0 Å². The van der Waals surface area contributed by atoms with Gasteiger partial charge in [-0.1, -0.05) is 41.4 Å².